The highest BCUT2D eigenvalue weighted by Gasteiger charge is 2.24. The molecule has 2 aromatic rings. The maximum absolute atomic E-state index is 12.3. The first-order valence-electron chi connectivity index (χ1n) is 7.38. The molecule has 0 bridgehead atoms. The highest BCUT2D eigenvalue weighted by molar-refractivity contribution is 7.21. The Kier molecular flexibility index (Phi) is 4.89. The molecule has 0 fully saturated rings. The smallest absolute Gasteiger partial charge is 0.351 e. The zero-order chi connectivity index (χ0) is 17.3. The molecule has 124 valence electrons. The van der Waals surface area contributed by atoms with Gasteiger partial charge in [0.1, 0.15) is 9.71 Å². The number of ether oxygens (including phenoxy) is 1. The summed E-state index contributed by atoms with van der Waals surface area (Å²) in [5, 5.41) is 3.47. The van der Waals surface area contributed by atoms with Crippen LogP contribution in [0.15, 0.2) is 6.07 Å². The lowest BCUT2D eigenvalue weighted by molar-refractivity contribution is -0.129. The molecule has 7 heteroatoms. The van der Waals surface area contributed by atoms with E-state index < -0.39 is 12.1 Å². The van der Waals surface area contributed by atoms with E-state index in [0.717, 1.165) is 16.6 Å². The summed E-state index contributed by atoms with van der Waals surface area (Å²) in [6, 6.07) is 1.90. The Morgan fingerprint density at radius 1 is 1.30 bits per heavy atom. The molecule has 0 aromatic carbocycles. The molecule has 0 aliphatic rings. The Hall–Kier alpha value is -2.15. The number of esters is 1. The van der Waals surface area contributed by atoms with Gasteiger partial charge in [-0.05, 0) is 46.2 Å². The molecule has 6 nitrogen and oxygen atoms in total. The summed E-state index contributed by atoms with van der Waals surface area (Å²) in [5.74, 6) is -0.938. The van der Waals surface area contributed by atoms with Crippen molar-refractivity contribution < 1.29 is 14.3 Å². The molecule has 1 unspecified atom stereocenters. The second-order valence-corrected chi connectivity index (χ2v) is 6.82. The molecule has 2 heterocycles. The molecular weight excluding hydrogens is 314 g/mol. The highest BCUT2D eigenvalue weighted by atomic mass is 32.1. The van der Waals surface area contributed by atoms with Crippen molar-refractivity contribution in [1.82, 2.24) is 10.3 Å². The summed E-state index contributed by atoms with van der Waals surface area (Å²) in [6.07, 6.45) is -0.884. The van der Waals surface area contributed by atoms with Crippen LogP contribution in [-0.4, -0.2) is 29.0 Å². The minimum Gasteiger partial charge on any atom is -0.448 e. The first-order valence-corrected chi connectivity index (χ1v) is 8.20. The number of hydrogen-bond acceptors (Lipinski definition) is 6. The maximum atomic E-state index is 12.3. The molecule has 23 heavy (non-hydrogen) atoms. The van der Waals surface area contributed by atoms with E-state index in [9.17, 15) is 9.59 Å². The lowest BCUT2D eigenvalue weighted by Crippen LogP contribution is -2.39. The third-order valence-electron chi connectivity index (χ3n) is 3.29. The number of aryl methyl sites for hydroxylation is 2. The van der Waals surface area contributed by atoms with Crippen LogP contribution in [0.4, 0.5) is 5.69 Å². The normalized spacial score (nSPS) is 12.4. The molecule has 3 N–H and O–H groups in total. The molecule has 0 aliphatic heterocycles. The number of nitrogens with zero attached hydrogens (tertiary/aromatic N) is 1. The van der Waals surface area contributed by atoms with Crippen molar-refractivity contribution in [3.63, 3.8) is 0 Å². The summed E-state index contributed by atoms with van der Waals surface area (Å²) in [7, 11) is 0. The average Bonchev–Trinajstić information content (AvgIpc) is 2.74. The number of pyridine rings is 1. The van der Waals surface area contributed by atoms with Crippen LogP contribution in [0.5, 0.6) is 0 Å². The van der Waals surface area contributed by atoms with Crippen molar-refractivity contribution in [2.75, 3.05) is 5.73 Å². The van der Waals surface area contributed by atoms with Crippen LogP contribution < -0.4 is 11.1 Å². The van der Waals surface area contributed by atoms with Crippen molar-refractivity contribution in [3.05, 3.63) is 22.2 Å². The summed E-state index contributed by atoms with van der Waals surface area (Å²) in [6.45, 7) is 9.03. The SMILES string of the molecule is Cc1cc(C)c2c(N)c(C(=O)OC(C)C(=O)NC(C)C)sc2n1. The second kappa shape index (κ2) is 6.54. The first-order chi connectivity index (χ1) is 10.7. The van der Waals surface area contributed by atoms with E-state index in [1.54, 1.807) is 0 Å². The van der Waals surface area contributed by atoms with E-state index >= 15 is 0 Å². The van der Waals surface area contributed by atoms with Gasteiger partial charge in [0.2, 0.25) is 0 Å². The Morgan fingerprint density at radius 2 is 1.96 bits per heavy atom. The summed E-state index contributed by atoms with van der Waals surface area (Å²) in [5.41, 5.74) is 8.28. The fourth-order valence-corrected chi connectivity index (χ4v) is 3.39. The van der Waals surface area contributed by atoms with Crippen LogP contribution >= 0.6 is 11.3 Å². The number of fused-ring (bicyclic) bond motifs is 1. The average molecular weight is 335 g/mol. The van der Waals surface area contributed by atoms with Crippen LogP contribution in [0.3, 0.4) is 0 Å². The molecule has 0 spiro atoms. The van der Waals surface area contributed by atoms with Crippen LogP contribution in [0.25, 0.3) is 10.2 Å². The third-order valence-corrected chi connectivity index (χ3v) is 4.37. The molecule has 0 aliphatic carbocycles. The summed E-state index contributed by atoms with van der Waals surface area (Å²) in [4.78, 5) is 29.6. The van der Waals surface area contributed by atoms with Gasteiger partial charge in [0, 0.05) is 17.1 Å². The monoisotopic (exact) mass is 335 g/mol. The van der Waals surface area contributed by atoms with Crippen molar-refractivity contribution in [3.8, 4) is 0 Å². The number of hydrogen-bond donors (Lipinski definition) is 2. The molecular formula is C16H21N3O3S. The number of carbonyl (C=O) groups excluding carboxylic acids is 2. The number of nitrogens with two attached hydrogens (primary N) is 1. The number of carbonyl (C=O) groups is 2. The van der Waals surface area contributed by atoms with Crippen molar-refractivity contribution in [1.29, 1.82) is 0 Å². The number of anilines is 1. The van der Waals surface area contributed by atoms with Gasteiger partial charge in [-0.25, -0.2) is 9.78 Å². The number of rotatable bonds is 4. The van der Waals surface area contributed by atoms with Crippen molar-refractivity contribution in [2.24, 2.45) is 0 Å². The van der Waals surface area contributed by atoms with Gasteiger partial charge in [0.15, 0.2) is 6.10 Å². The fraction of sp³-hybridized carbons (Fsp3) is 0.438. The van der Waals surface area contributed by atoms with Gasteiger partial charge in [-0.2, -0.15) is 0 Å². The van der Waals surface area contributed by atoms with Crippen LogP contribution in [-0.2, 0) is 9.53 Å². The van der Waals surface area contributed by atoms with E-state index in [1.165, 1.54) is 18.3 Å². The number of nitrogens with one attached hydrogen (secondary N) is 1. The van der Waals surface area contributed by atoms with Crippen LogP contribution in [0.2, 0.25) is 0 Å². The predicted molar refractivity (Wildman–Crippen MR) is 91.7 cm³/mol. The Bertz CT molecular complexity index is 768. The number of thiophene rings is 1. The molecule has 1 atom stereocenters. The Balaban J connectivity index is 2.26. The van der Waals surface area contributed by atoms with E-state index in [1.807, 2.05) is 33.8 Å². The van der Waals surface area contributed by atoms with Gasteiger partial charge in [-0.1, -0.05) is 0 Å². The molecule has 2 rings (SSSR count). The Morgan fingerprint density at radius 3 is 2.57 bits per heavy atom. The predicted octanol–water partition coefficient (Wildman–Crippen LogP) is 2.57. The Labute approximate surface area is 139 Å². The fourth-order valence-electron chi connectivity index (χ4n) is 2.29. The standard InChI is InChI=1S/C16H21N3O3S/c1-7(2)18-14(20)10(5)22-16(21)13-12(17)11-8(3)6-9(4)19-15(11)23-13/h6-7,10H,17H2,1-5H3,(H,18,20). The highest BCUT2D eigenvalue weighted by Crippen LogP contribution is 2.35. The minimum atomic E-state index is -0.884. The summed E-state index contributed by atoms with van der Waals surface area (Å²) >= 11 is 1.19. The molecule has 0 radical (unpaired) electrons. The number of nitrogen functional groups attached to an aromatic ring is 1. The van der Waals surface area contributed by atoms with Crippen molar-refractivity contribution in [2.45, 2.75) is 46.8 Å². The largest absolute Gasteiger partial charge is 0.448 e. The van der Waals surface area contributed by atoms with Gasteiger partial charge in [0.05, 0.1) is 5.69 Å². The van der Waals surface area contributed by atoms with E-state index in [2.05, 4.69) is 10.3 Å². The molecule has 0 saturated heterocycles. The lowest BCUT2D eigenvalue weighted by atomic mass is 10.1. The molecule has 2 aromatic heterocycles. The first kappa shape index (κ1) is 17.2. The van der Waals surface area contributed by atoms with Gasteiger partial charge in [-0.15, -0.1) is 11.3 Å². The summed E-state index contributed by atoms with van der Waals surface area (Å²) < 4.78 is 5.23. The van der Waals surface area contributed by atoms with Crippen molar-refractivity contribution >= 4 is 39.1 Å². The van der Waals surface area contributed by atoms with Gasteiger partial charge in [-0.3, -0.25) is 4.79 Å². The topological polar surface area (TPSA) is 94.3 Å². The van der Waals surface area contributed by atoms with Gasteiger partial charge >= 0.3 is 5.97 Å². The van der Waals surface area contributed by atoms with Gasteiger partial charge < -0.3 is 15.8 Å². The number of amides is 1. The van der Waals surface area contributed by atoms with Crippen LogP contribution in [0.1, 0.15) is 41.7 Å². The minimum absolute atomic E-state index is 0.0205. The zero-order valence-corrected chi connectivity index (χ0v) is 14.7. The third kappa shape index (κ3) is 3.61. The zero-order valence-electron chi connectivity index (χ0n) is 13.9. The number of aromatic nitrogens is 1. The van der Waals surface area contributed by atoms with Gasteiger partial charge in [0.25, 0.3) is 5.91 Å². The van der Waals surface area contributed by atoms with E-state index in [-0.39, 0.29) is 16.8 Å². The maximum Gasteiger partial charge on any atom is 0.351 e. The lowest BCUT2D eigenvalue weighted by Gasteiger charge is -2.15. The van der Waals surface area contributed by atoms with E-state index in [0.29, 0.717) is 10.5 Å². The van der Waals surface area contributed by atoms with E-state index in [4.69, 9.17) is 10.5 Å². The molecule has 0 saturated carbocycles. The second-order valence-electron chi connectivity index (χ2n) is 5.82. The quantitative estimate of drug-likeness (QED) is 0.838. The molecule has 1 amide bonds. The van der Waals surface area contributed by atoms with Crippen LogP contribution in [0, 0.1) is 13.8 Å².